The van der Waals surface area contributed by atoms with Gasteiger partial charge in [0, 0.05) is 22.9 Å². The molecule has 0 unspecified atom stereocenters. The molecule has 0 fully saturated rings. The van der Waals surface area contributed by atoms with Crippen molar-refractivity contribution in [2.45, 2.75) is 36.5 Å². The fourth-order valence-corrected chi connectivity index (χ4v) is 4.18. The Morgan fingerprint density at radius 2 is 1.42 bits per heavy atom. The van der Waals surface area contributed by atoms with E-state index in [1.807, 2.05) is 17.0 Å². The lowest BCUT2D eigenvalue weighted by Crippen LogP contribution is -2.40. The fraction of sp³-hybridized carbons (Fsp3) is 0.350. The molecule has 1 aliphatic rings. The maximum Gasteiger partial charge on any atom is 0.242 e. The van der Waals surface area contributed by atoms with Crippen LogP contribution in [0.25, 0.3) is 0 Å². The molecule has 0 atom stereocenters. The van der Waals surface area contributed by atoms with Crippen LogP contribution in [0.1, 0.15) is 26.7 Å². The van der Waals surface area contributed by atoms with Gasteiger partial charge in [-0.2, -0.15) is 0 Å². The van der Waals surface area contributed by atoms with E-state index in [0.717, 1.165) is 37.3 Å². The Hall–Kier alpha value is -1.94. The van der Waals surface area contributed by atoms with E-state index in [1.165, 1.54) is 9.79 Å². The van der Waals surface area contributed by atoms with Crippen LogP contribution in [0.5, 0.6) is 0 Å². The highest BCUT2D eigenvalue weighted by Crippen LogP contribution is 2.47. The normalized spacial score (nSPS) is 12.5. The van der Waals surface area contributed by atoms with Crippen molar-refractivity contribution in [2.24, 2.45) is 0 Å². The molecule has 0 spiro atoms. The summed E-state index contributed by atoms with van der Waals surface area (Å²) in [6.45, 7) is 6.31. The summed E-state index contributed by atoms with van der Waals surface area (Å²) in [5, 5.41) is 0. The van der Waals surface area contributed by atoms with Crippen molar-refractivity contribution in [3.8, 4) is 0 Å². The van der Waals surface area contributed by atoms with Crippen molar-refractivity contribution < 1.29 is 4.79 Å². The predicted octanol–water partition coefficient (Wildman–Crippen LogP) is 4.94. The van der Waals surface area contributed by atoms with E-state index in [2.05, 4.69) is 55.1 Å². The van der Waals surface area contributed by atoms with Crippen LogP contribution in [0.15, 0.2) is 58.3 Å². The molecule has 0 bridgehead atoms. The zero-order valence-electron chi connectivity index (χ0n) is 14.4. The first-order chi connectivity index (χ1) is 11.7. The van der Waals surface area contributed by atoms with Gasteiger partial charge in [-0.15, -0.1) is 0 Å². The van der Waals surface area contributed by atoms with Gasteiger partial charge in [0.1, 0.15) is 6.54 Å². The molecule has 1 aliphatic heterocycles. The molecule has 0 saturated heterocycles. The standard InChI is InChI=1S/C20H24N2OS/c1-3-13-21(14-4-2)20(23)15-22-16-9-5-7-11-18(16)24-19-12-8-6-10-17(19)22/h5-12H,3-4,13-15H2,1-2H3. The first-order valence-electron chi connectivity index (χ1n) is 8.65. The van der Waals surface area contributed by atoms with Crippen LogP contribution in [-0.4, -0.2) is 30.4 Å². The van der Waals surface area contributed by atoms with Crippen molar-refractivity contribution in [1.29, 1.82) is 0 Å². The molecule has 2 aromatic carbocycles. The Labute approximate surface area is 148 Å². The monoisotopic (exact) mass is 340 g/mol. The minimum Gasteiger partial charge on any atom is -0.341 e. The van der Waals surface area contributed by atoms with Crippen LogP contribution in [0, 0.1) is 0 Å². The molecular weight excluding hydrogens is 316 g/mol. The van der Waals surface area contributed by atoms with Gasteiger partial charge in [0.2, 0.25) is 5.91 Å². The second-order valence-electron chi connectivity index (χ2n) is 6.00. The first kappa shape index (κ1) is 16.9. The number of para-hydroxylation sites is 2. The average molecular weight is 340 g/mol. The number of nitrogens with zero attached hydrogens (tertiary/aromatic N) is 2. The molecule has 1 amide bonds. The number of hydrogen-bond donors (Lipinski definition) is 0. The minimum atomic E-state index is 0.204. The van der Waals surface area contributed by atoms with E-state index in [9.17, 15) is 4.79 Å². The third kappa shape index (κ3) is 3.44. The highest BCUT2D eigenvalue weighted by molar-refractivity contribution is 7.99. The highest BCUT2D eigenvalue weighted by atomic mass is 32.2. The predicted molar refractivity (Wildman–Crippen MR) is 101 cm³/mol. The minimum absolute atomic E-state index is 0.204. The number of benzene rings is 2. The van der Waals surface area contributed by atoms with Crippen LogP contribution in [0.4, 0.5) is 11.4 Å². The van der Waals surface area contributed by atoms with E-state index in [-0.39, 0.29) is 5.91 Å². The largest absolute Gasteiger partial charge is 0.341 e. The van der Waals surface area contributed by atoms with E-state index in [4.69, 9.17) is 0 Å². The SMILES string of the molecule is CCCN(CCC)C(=O)CN1c2ccccc2Sc2ccccc21. The molecule has 0 aliphatic carbocycles. The van der Waals surface area contributed by atoms with Gasteiger partial charge in [0.15, 0.2) is 0 Å². The number of fused-ring (bicyclic) bond motifs is 2. The van der Waals surface area contributed by atoms with Crippen LogP contribution in [0.3, 0.4) is 0 Å². The van der Waals surface area contributed by atoms with Crippen molar-refractivity contribution >= 4 is 29.0 Å². The molecule has 0 N–H and O–H groups in total. The maximum atomic E-state index is 12.9. The number of rotatable bonds is 6. The lowest BCUT2D eigenvalue weighted by atomic mass is 10.2. The van der Waals surface area contributed by atoms with Gasteiger partial charge >= 0.3 is 0 Å². The summed E-state index contributed by atoms with van der Waals surface area (Å²) in [4.78, 5) is 19.5. The van der Waals surface area contributed by atoms with Crippen molar-refractivity contribution in [3.05, 3.63) is 48.5 Å². The van der Waals surface area contributed by atoms with Gasteiger partial charge in [-0.1, -0.05) is 49.9 Å². The number of carbonyl (C=O) groups excluding carboxylic acids is 1. The molecule has 1 heterocycles. The third-order valence-electron chi connectivity index (χ3n) is 4.17. The lowest BCUT2D eigenvalue weighted by Gasteiger charge is -2.34. The fourth-order valence-electron chi connectivity index (χ4n) is 3.09. The van der Waals surface area contributed by atoms with Gasteiger partial charge < -0.3 is 9.80 Å². The molecule has 3 rings (SSSR count). The number of amides is 1. The summed E-state index contributed by atoms with van der Waals surface area (Å²) in [5.41, 5.74) is 2.25. The van der Waals surface area contributed by atoms with Crippen molar-refractivity contribution in [3.63, 3.8) is 0 Å². The Kier molecular flexibility index (Phi) is 5.46. The van der Waals surface area contributed by atoms with E-state index in [1.54, 1.807) is 11.8 Å². The molecule has 4 heteroatoms. The molecule has 2 aromatic rings. The Morgan fingerprint density at radius 3 is 1.92 bits per heavy atom. The molecule has 0 saturated carbocycles. The van der Waals surface area contributed by atoms with Crippen LogP contribution in [-0.2, 0) is 4.79 Å². The van der Waals surface area contributed by atoms with Crippen LogP contribution in [0.2, 0.25) is 0 Å². The zero-order chi connectivity index (χ0) is 16.9. The lowest BCUT2D eigenvalue weighted by molar-refractivity contribution is -0.129. The highest BCUT2D eigenvalue weighted by Gasteiger charge is 2.26. The molecule has 126 valence electrons. The number of carbonyl (C=O) groups is 1. The summed E-state index contributed by atoms with van der Waals surface area (Å²) in [5.74, 6) is 0.204. The number of anilines is 2. The topological polar surface area (TPSA) is 23.6 Å². The van der Waals surface area contributed by atoms with Gasteiger partial charge in [-0.25, -0.2) is 0 Å². The molecule has 24 heavy (non-hydrogen) atoms. The summed E-state index contributed by atoms with van der Waals surface area (Å²) in [7, 11) is 0. The molecule has 3 nitrogen and oxygen atoms in total. The molecular formula is C20H24N2OS. The smallest absolute Gasteiger partial charge is 0.242 e. The molecule has 0 aromatic heterocycles. The van der Waals surface area contributed by atoms with E-state index < -0.39 is 0 Å². The summed E-state index contributed by atoms with van der Waals surface area (Å²) in [6, 6.07) is 16.7. The average Bonchev–Trinajstić information content (AvgIpc) is 2.61. The van der Waals surface area contributed by atoms with Gasteiger partial charge in [0.25, 0.3) is 0 Å². The van der Waals surface area contributed by atoms with Crippen molar-refractivity contribution in [1.82, 2.24) is 4.90 Å². The van der Waals surface area contributed by atoms with Crippen molar-refractivity contribution in [2.75, 3.05) is 24.5 Å². The van der Waals surface area contributed by atoms with Gasteiger partial charge in [0.05, 0.1) is 11.4 Å². The Bertz CT molecular complexity index is 665. The quantitative estimate of drug-likeness (QED) is 0.744. The summed E-state index contributed by atoms with van der Waals surface area (Å²) >= 11 is 1.78. The second-order valence-corrected chi connectivity index (χ2v) is 7.09. The van der Waals surface area contributed by atoms with Gasteiger partial charge in [-0.3, -0.25) is 4.79 Å². The Balaban J connectivity index is 1.91. The summed E-state index contributed by atoms with van der Waals surface area (Å²) in [6.07, 6.45) is 1.99. The second kappa shape index (κ2) is 7.75. The third-order valence-corrected chi connectivity index (χ3v) is 5.30. The Morgan fingerprint density at radius 1 is 0.917 bits per heavy atom. The first-order valence-corrected chi connectivity index (χ1v) is 9.47. The van der Waals surface area contributed by atoms with E-state index >= 15 is 0 Å². The van der Waals surface area contributed by atoms with E-state index in [0.29, 0.717) is 6.54 Å². The van der Waals surface area contributed by atoms with Gasteiger partial charge in [-0.05, 0) is 37.1 Å². The van der Waals surface area contributed by atoms with Crippen LogP contribution < -0.4 is 4.90 Å². The number of hydrogen-bond acceptors (Lipinski definition) is 3. The maximum absolute atomic E-state index is 12.9. The molecule has 0 radical (unpaired) electrons. The zero-order valence-corrected chi connectivity index (χ0v) is 15.2. The van der Waals surface area contributed by atoms with Crippen LogP contribution >= 0.6 is 11.8 Å². The summed E-state index contributed by atoms with van der Waals surface area (Å²) < 4.78 is 0.